The van der Waals surface area contributed by atoms with Gasteiger partial charge in [-0.25, -0.2) is 10.0 Å². The van der Waals surface area contributed by atoms with Crippen molar-refractivity contribution in [2.24, 2.45) is 0 Å². The molecule has 0 fully saturated rings. The summed E-state index contributed by atoms with van der Waals surface area (Å²) < 4.78 is 0. The predicted octanol–water partition coefficient (Wildman–Crippen LogP) is 3.49. The molecule has 0 saturated carbocycles. The van der Waals surface area contributed by atoms with Crippen LogP contribution in [0.3, 0.4) is 0 Å². The molecule has 1 amide bonds. The molecule has 0 atom stereocenters. The monoisotopic (exact) mass is 286 g/mol. The van der Waals surface area contributed by atoms with E-state index in [0.717, 1.165) is 38.0 Å². The summed E-state index contributed by atoms with van der Waals surface area (Å²) in [6.45, 7) is 6.26. The zero-order chi connectivity index (χ0) is 14.8. The van der Waals surface area contributed by atoms with Gasteiger partial charge in [0.25, 0.3) is 0 Å². The third kappa shape index (κ3) is 2.59. The third-order valence-corrected chi connectivity index (χ3v) is 4.67. The lowest BCUT2D eigenvalue weighted by Crippen LogP contribution is -2.45. The molecule has 21 heavy (non-hydrogen) atoms. The summed E-state index contributed by atoms with van der Waals surface area (Å²) in [5, 5.41) is 4.21. The van der Waals surface area contributed by atoms with Crippen molar-refractivity contribution in [2.45, 2.75) is 58.8 Å². The Balaban J connectivity index is 1.97. The lowest BCUT2D eigenvalue weighted by Gasteiger charge is -2.32. The summed E-state index contributed by atoms with van der Waals surface area (Å²) >= 11 is 0. The summed E-state index contributed by atoms with van der Waals surface area (Å²) in [4.78, 5) is 12.6. The number of benzene rings is 1. The van der Waals surface area contributed by atoms with Gasteiger partial charge in [0.2, 0.25) is 5.91 Å². The number of nitrogens with zero attached hydrogens (tertiary/aromatic N) is 2. The van der Waals surface area contributed by atoms with Crippen LogP contribution >= 0.6 is 0 Å². The largest absolute Gasteiger partial charge is 0.273 e. The van der Waals surface area contributed by atoms with E-state index in [2.05, 4.69) is 31.0 Å². The first-order valence-electron chi connectivity index (χ1n) is 8.47. The standard InChI is InChI=1S/C18H26N2O/c1-3-11-19(12-4-2)20-17-10-9-14-7-5-6-8-15(14)16(17)13-18(20)21/h9-10H,3-8,11-13H2,1-2H3. The number of aryl methyl sites for hydroxylation is 1. The Morgan fingerprint density at radius 2 is 1.76 bits per heavy atom. The Kier molecular flexibility index (Phi) is 4.29. The van der Waals surface area contributed by atoms with Crippen LogP contribution in [0.25, 0.3) is 0 Å². The molecule has 1 aromatic rings. The number of hydrogen-bond acceptors (Lipinski definition) is 2. The fourth-order valence-corrected chi connectivity index (χ4v) is 3.79. The van der Waals surface area contributed by atoms with Gasteiger partial charge >= 0.3 is 0 Å². The number of fused-ring (bicyclic) bond motifs is 3. The van der Waals surface area contributed by atoms with Crippen molar-refractivity contribution in [1.82, 2.24) is 5.01 Å². The summed E-state index contributed by atoms with van der Waals surface area (Å²) in [6, 6.07) is 4.44. The van der Waals surface area contributed by atoms with Crippen molar-refractivity contribution in [1.29, 1.82) is 0 Å². The number of carbonyl (C=O) groups is 1. The first-order valence-corrected chi connectivity index (χ1v) is 8.47. The van der Waals surface area contributed by atoms with Crippen molar-refractivity contribution in [2.75, 3.05) is 18.1 Å². The highest BCUT2D eigenvalue weighted by molar-refractivity contribution is 6.01. The number of amides is 1. The molecule has 0 radical (unpaired) electrons. The number of anilines is 1. The molecule has 1 aliphatic heterocycles. The molecule has 2 aliphatic rings. The minimum Gasteiger partial charge on any atom is -0.273 e. The van der Waals surface area contributed by atoms with Gasteiger partial charge in [-0.15, -0.1) is 0 Å². The van der Waals surface area contributed by atoms with E-state index < -0.39 is 0 Å². The summed E-state index contributed by atoms with van der Waals surface area (Å²) in [6.07, 6.45) is 7.65. The zero-order valence-electron chi connectivity index (χ0n) is 13.3. The fraction of sp³-hybridized carbons (Fsp3) is 0.611. The van der Waals surface area contributed by atoms with Gasteiger partial charge in [0.05, 0.1) is 12.1 Å². The maximum Gasteiger partial charge on any atom is 0.246 e. The SMILES string of the molecule is CCCN(CCC)N1C(=O)Cc2c1ccc1c2CCCC1. The molecule has 0 spiro atoms. The molecule has 0 unspecified atom stereocenters. The molecular weight excluding hydrogens is 260 g/mol. The van der Waals surface area contributed by atoms with E-state index in [1.54, 1.807) is 0 Å². The third-order valence-electron chi connectivity index (χ3n) is 4.67. The molecule has 1 heterocycles. The molecule has 114 valence electrons. The predicted molar refractivity (Wildman–Crippen MR) is 86.4 cm³/mol. The lowest BCUT2D eigenvalue weighted by molar-refractivity contribution is -0.120. The van der Waals surface area contributed by atoms with Crippen molar-refractivity contribution >= 4 is 11.6 Å². The fourth-order valence-electron chi connectivity index (χ4n) is 3.79. The van der Waals surface area contributed by atoms with Crippen molar-refractivity contribution in [3.8, 4) is 0 Å². The van der Waals surface area contributed by atoms with Crippen LogP contribution in [0.1, 0.15) is 56.2 Å². The second-order valence-corrected chi connectivity index (χ2v) is 6.24. The first kappa shape index (κ1) is 14.6. The highest BCUT2D eigenvalue weighted by Gasteiger charge is 2.34. The van der Waals surface area contributed by atoms with E-state index in [4.69, 9.17) is 0 Å². The van der Waals surface area contributed by atoms with Gasteiger partial charge in [0, 0.05) is 13.1 Å². The zero-order valence-corrected chi connectivity index (χ0v) is 13.3. The molecule has 3 heteroatoms. The molecule has 3 nitrogen and oxygen atoms in total. The molecule has 3 rings (SSSR count). The molecule has 0 N–H and O–H groups in total. The highest BCUT2D eigenvalue weighted by Crippen LogP contribution is 2.37. The number of hydrazine groups is 1. The Morgan fingerprint density at radius 1 is 1.05 bits per heavy atom. The Bertz CT molecular complexity index is 532. The van der Waals surface area contributed by atoms with E-state index in [1.807, 2.05) is 5.01 Å². The summed E-state index contributed by atoms with van der Waals surface area (Å²) in [5.74, 6) is 0.255. The second kappa shape index (κ2) is 6.18. The maximum absolute atomic E-state index is 12.6. The van der Waals surface area contributed by atoms with Gasteiger partial charge in [0.15, 0.2) is 0 Å². The van der Waals surface area contributed by atoms with Gasteiger partial charge in [-0.05, 0) is 61.3 Å². The summed E-state index contributed by atoms with van der Waals surface area (Å²) in [7, 11) is 0. The average molecular weight is 286 g/mol. The minimum atomic E-state index is 0.255. The van der Waals surface area contributed by atoms with Crippen molar-refractivity contribution in [3.05, 3.63) is 28.8 Å². The topological polar surface area (TPSA) is 23.6 Å². The molecule has 0 saturated heterocycles. The minimum absolute atomic E-state index is 0.255. The van der Waals surface area contributed by atoms with Crippen LogP contribution in [0.5, 0.6) is 0 Å². The molecular formula is C18H26N2O. The van der Waals surface area contributed by atoms with E-state index in [9.17, 15) is 4.79 Å². The van der Waals surface area contributed by atoms with E-state index >= 15 is 0 Å². The molecule has 1 aromatic carbocycles. The normalized spacial score (nSPS) is 17.3. The molecule has 1 aliphatic carbocycles. The van der Waals surface area contributed by atoms with Crippen LogP contribution < -0.4 is 5.01 Å². The van der Waals surface area contributed by atoms with Gasteiger partial charge < -0.3 is 0 Å². The Labute approximate surface area is 127 Å². The van der Waals surface area contributed by atoms with Crippen molar-refractivity contribution < 1.29 is 4.79 Å². The highest BCUT2D eigenvalue weighted by atomic mass is 16.2. The van der Waals surface area contributed by atoms with Gasteiger partial charge in [-0.2, -0.15) is 0 Å². The number of carbonyl (C=O) groups excluding carboxylic acids is 1. The van der Waals surface area contributed by atoms with Crippen molar-refractivity contribution in [3.63, 3.8) is 0 Å². The van der Waals surface area contributed by atoms with E-state index in [1.165, 1.54) is 36.0 Å². The smallest absolute Gasteiger partial charge is 0.246 e. The van der Waals surface area contributed by atoms with Crippen LogP contribution in [0.2, 0.25) is 0 Å². The van der Waals surface area contributed by atoms with E-state index in [0.29, 0.717) is 6.42 Å². The van der Waals surface area contributed by atoms with Gasteiger partial charge in [-0.3, -0.25) is 4.79 Å². The van der Waals surface area contributed by atoms with Gasteiger partial charge in [-0.1, -0.05) is 19.9 Å². The van der Waals surface area contributed by atoms with E-state index in [-0.39, 0.29) is 5.91 Å². The van der Waals surface area contributed by atoms with Crippen LogP contribution in [-0.2, 0) is 24.1 Å². The summed E-state index contributed by atoms with van der Waals surface area (Å²) in [5.41, 5.74) is 5.42. The number of hydrogen-bond donors (Lipinski definition) is 0. The quantitative estimate of drug-likeness (QED) is 0.827. The van der Waals surface area contributed by atoms with Crippen LogP contribution in [-0.4, -0.2) is 24.0 Å². The lowest BCUT2D eigenvalue weighted by atomic mass is 9.87. The Morgan fingerprint density at radius 3 is 2.48 bits per heavy atom. The van der Waals surface area contributed by atoms with Crippen LogP contribution in [0.4, 0.5) is 5.69 Å². The van der Waals surface area contributed by atoms with Crippen LogP contribution in [0.15, 0.2) is 12.1 Å². The average Bonchev–Trinajstić information content (AvgIpc) is 2.83. The van der Waals surface area contributed by atoms with Crippen LogP contribution in [0, 0.1) is 0 Å². The maximum atomic E-state index is 12.6. The molecule has 0 aromatic heterocycles. The van der Waals surface area contributed by atoms with Gasteiger partial charge in [0.1, 0.15) is 0 Å². The Hall–Kier alpha value is -1.35. The first-order chi connectivity index (χ1) is 10.3. The second-order valence-electron chi connectivity index (χ2n) is 6.24. The number of rotatable bonds is 5. The molecule has 0 bridgehead atoms.